The molecule has 0 radical (unpaired) electrons. The summed E-state index contributed by atoms with van der Waals surface area (Å²) in [6, 6.07) is 0. The molecule has 0 fully saturated rings. The number of hydrogen-bond acceptors (Lipinski definition) is 5. The molecule has 0 saturated heterocycles. The Balaban J connectivity index is 2.25. The Kier molecular flexibility index (Phi) is 4.07. The zero-order valence-electron chi connectivity index (χ0n) is 12.1. The lowest BCUT2D eigenvalue weighted by molar-refractivity contribution is -0.129. The maximum Gasteiger partial charge on any atom is 0.242 e. The van der Waals surface area contributed by atoms with Crippen LogP contribution in [0.1, 0.15) is 13.8 Å². The summed E-state index contributed by atoms with van der Waals surface area (Å²) in [7, 11) is 1.82. The number of hydrogen-bond donors (Lipinski definition) is 1. The summed E-state index contributed by atoms with van der Waals surface area (Å²) < 4.78 is 1.80. The van der Waals surface area contributed by atoms with Crippen LogP contribution in [0.2, 0.25) is 0 Å². The number of aromatic nitrogens is 3. The van der Waals surface area contributed by atoms with E-state index in [2.05, 4.69) is 9.97 Å². The lowest BCUT2D eigenvalue weighted by Crippen LogP contribution is -2.39. The van der Waals surface area contributed by atoms with Gasteiger partial charge in [0.15, 0.2) is 11.5 Å². The Morgan fingerprint density at radius 2 is 2.10 bits per heavy atom. The molecule has 2 rings (SSSR count). The van der Waals surface area contributed by atoms with Crippen LogP contribution in [0.15, 0.2) is 18.6 Å². The largest absolute Gasteiger partial charge is 0.382 e. The van der Waals surface area contributed by atoms with Gasteiger partial charge in [0, 0.05) is 32.5 Å². The molecule has 108 valence electrons. The third-order valence-electron chi connectivity index (χ3n) is 3.23. The van der Waals surface area contributed by atoms with Crippen molar-refractivity contribution in [3.05, 3.63) is 18.6 Å². The summed E-state index contributed by atoms with van der Waals surface area (Å²) in [6.07, 6.45) is 5.18. The van der Waals surface area contributed by atoms with Crippen molar-refractivity contribution in [2.75, 3.05) is 37.3 Å². The fourth-order valence-electron chi connectivity index (χ4n) is 2.14. The molecule has 0 unspecified atom stereocenters. The second kappa shape index (κ2) is 5.77. The fourth-order valence-corrected chi connectivity index (χ4v) is 2.14. The quantitative estimate of drug-likeness (QED) is 0.865. The molecule has 7 nitrogen and oxygen atoms in total. The number of anilines is 2. The Bertz CT molecular complexity index is 604. The molecule has 0 aromatic carbocycles. The molecule has 2 heterocycles. The van der Waals surface area contributed by atoms with Crippen LogP contribution in [0.4, 0.5) is 11.6 Å². The predicted octanol–water partition coefficient (Wildman–Crippen LogP) is 0.616. The lowest BCUT2D eigenvalue weighted by atomic mass is 10.4. The van der Waals surface area contributed by atoms with Crippen molar-refractivity contribution in [1.29, 1.82) is 0 Å². The van der Waals surface area contributed by atoms with Crippen LogP contribution in [-0.2, 0) is 4.79 Å². The maximum absolute atomic E-state index is 12.1. The monoisotopic (exact) mass is 276 g/mol. The first-order valence-electron chi connectivity index (χ1n) is 6.64. The van der Waals surface area contributed by atoms with Crippen LogP contribution in [0.25, 0.3) is 5.65 Å². The van der Waals surface area contributed by atoms with E-state index >= 15 is 0 Å². The van der Waals surface area contributed by atoms with Crippen molar-refractivity contribution < 1.29 is 4.79 Å². The highest BCUT2D eigenvalue weighted by atomic mass is 16.2. The summed E-state index contributed by atoms with van der Waals surface area (Å²) in [5.41, 5.74) is 6.47. The van der Waals surface area contributed by atoms with E-state index in [4.69, 9.17) is 5.73 Å². The molecule has 2 aromatic heterocycles. The van der Waals surface area contributed by atoms with Crippen LogP contribution in [0, 0.1) is 0 Å². The maximum atomic E-state index is 12.1. The molecule has 0 aliphatic rings. The van der Waals surface area contributed by atoms with Crippen LogP contribution in [0.3, 0.4) is 0 Å². The van der Waals surface area contributed by atoms with Gasteiger partial charge in [0.1, 0.15) is 5.82 Å². The molecule has 0 bridgehead atoms. The number of fused-ring (bicyclic) bond motifs is 1. The molecule has 1 amide bonds. The topological polar surface area (TPSA) is 79.8 Å². The van der Waals surface area contributed by atoms with Gasteiger partial charge in [-0.05, 0) is 13.8 Å². The second-order valence-electron chi connectivity index (χ2n) is 4.57. The Hall–Kier alpha value is -2.31. The predicted molar refractivity (Wildman–Crippen MR) is 78.6 cm³/mol. The number of imidazole rings is 1. The molecule has 0 aliphatic carbocycles. The number of carbonyl (C=O) groups is 1. The third kappa shape index (κ3) is 2.66. The number of amides is 1. The molecule has 7 heteroatoms. The summed E-state index contributed by atoms with van der Waals surface area (Å²) >= 11 is 0. The Morgan fingerprint density at radius 3 is 2.75 bits per heavy atom. The number of carbonyl (C=O) groups excluding carboxylic acids is 1. The highest BCUT2D eigenvalue weighted by Crippen LogP contribution is 2.18. The fraction of sp³-hybridized carbons (Fsp3) is 0.462. The van der Waals surface area contributed by atoms with Gasteiger partial charge in [0.2, 0.25) is 5.91 Å². The molecule has 0 atom stereocenters. The zero-order chi connectivity index (χ0) is 14.7. The van der Waals surface area contributed by atoms with Crippen LogP contribution >= 0.6 is 0 Å². The lowest BCUT2D eigenvalue weighted by Gasteiger charge is -2.24. The van der Waals surface area contributed by atoms with Gasteiger partial charge in [-0.25, -0.2) is 9.97 Å². The van der Waals surface area contributed by atoms with E-state index in [0.717, 1.165) is 0 Å². The van der Waals surface area contributed by atoms with Gasteiger partial charge in [-0.2, -0.15) is 0 Å². The van der Waals surface area contributed by atoms with Crippen molar-refractivity contribution in [3.63, 3.8) is 0 Å². The van der Waals surface area contributed by atoms with E-state index in [1.807, 2.05) is 20.9 Å². The molecule has 0 spiro atoms. The molecular formula is C13H20N6O. The highest BCUT2D eigenvalue weighted by molar-refractivity contribution is 5.82. The summed E-state index contributed by atoms with van der Waals surface area (Å²) in [5.74, 6) is 1.06. The Labute approximate surface area is 118 Å². The van der Waals surface area contributed by atoms with Gasteiger partial charge in [0.05, 0.1) is 12.7 Å². The van der Waals surface area contributed by atoms with Crippen molar-refractivity contribution in [2.24, 2.45) is 0 Å². The van der Waals surface area contributed by atoms with E-state index in [9.17, 15) is 4.79 Å². The molecule has 2 N–H and O–H groups in total. The smallest absolute Gasteiger partial charge is 0.242 e. The minimum Gasteiger partial charge on any atom is -0.382 e. The first-order chi connectivity index (χ1) is 9.56. The Morgan fingerprint density at radius 1 is 1.40 bits per heavy atom. The van der Waals surface area contributed by atoms with Gasteiger partial charge >= 0.3 is 0 Å². The second-order valence-corrected chi connectivity index (χ2v) is 4.57. The van der Waals surface area contributed by atoms with Crippen molar-refractivity contribution in [1.82, 2.24) is 19.3 Å². The summed E-state index contributed by atoms with van der Waals surface area (Å²) in [4.78, 5) is 24.2. The number of nitrogen functional groups attached to an aromatic ring is 1. The van der Waals surface area contributed by atoms with E-state index in [1.165, 1.54) is 0 Å². The van der Waals surface area contributed by atoms with Crippen molar-refractivity contribution in [2.45, 2.75) is 13.8 Å². The number of likely N-dealkylation sites (N-methyl/N-ethyl adjacent to an activating group) is 2. The molecule has 0 aliphatic heterocycles. The molecule has 0 saturated carbocycles. The average Bonchev–Trinajstić information content (AvgIpc) is 2.86. The molecule has 20 heavy (non-hydrogen) atoms. The molecule has 2 aromatic rings. The molecular weight excluding hydrogens is 256 g/mol. The summed E-state index contributed by atoms with van der Waals surface area (Å²) in [6.45, 7) is 5.58. The average molecular weight is 276 g/mol. The SMILES string of the molecule is CCN(CC)C(=O)CN(C)c1nc(N)cn2ccnc12. The first-order valence-corrected chi connectivity index (χ1v) is 6.64. The standard InChI is InChI=1S/C13H20N6O/c1-4-18(5-2)11(20)9-17(3)13-12-15-6-7-19(12)8-10(14)16-13/h6-8H,4-5,9,14H2,1-3H3. The normalized spacial score (nSPS) is 10.8. The van der Waals surface area contributed by atoms with Crippen molar-refractivity contribution in [3.8, 4) is 0 Å². The third-order valence-corrected chi connectivity index (χ3v) is 3.23. The minimum absolute atomic E-state index is 0.0615. The highest BCUT2D eigenvalue weighted by Gasteiger charge is 2.16. The minimum atomic E-state index is 0.0615. The van der Waals surface area contributed by atoms with Crippen LogP contribution < -0.4 is 10.6 Å². The van der Waals surface area contributed by atoms with E-state index < -0.39 is 0 Å². The first kappa shape index (κ1) is 14.1. The summed E-state index contributed by atoms with van der Waals surface area (Å²) in [5, 5.41) is 0. The zero-order valence-corrected chi connectivity index (χ0v) is 12.1. The van der Waals surface area contributed by atoms with Crippen LogP contribution in [-0.4, -0.2) is 51.9 Å². The van der Waals surface area contributed by atoms with E-state index in [1.54, 1.807) is 32.8 Å². The number of nitrogens with two attached hydrogens (primary N) is 1. The van der Waals surface area contributed by atoms with Crippen LogP contribution in [0.5, 0.6) is 0 Å². The van der Waals surface area contributed by atoms with Gasteiger partial charge in [-0.3, -0.25) is 4.79 Å². The number of nitrogens with zero attached hydrogens (tertiary/aromatic N) is 5. The van der Waals surface area contributed by atoms with Gasteiger partial charge in [0.25, 0.3) is 0 Å². The number of rotatable bonds is 5. The van der Waals surface area contributed by atoms with Crippen molar-refractivity contribution >= 4 is 23.2 Å². The van der Waals surface area contributed by atoms with Gasteiger partial charge in [-0.15, -0.1) is 0 Å². The van der Waals surface area contributed by atoms with E-state index in [0.29, 0.717) is 30.4 Å². The van der Waals surface area contributed by atoms with Gasteiger partial charge < -0.3 is 19.9 Å². The van der Waals surface area contributed by atoms with Gasteiger partial charge in [-0.1, -0.05) is 0 Å². The van der Waals surface area contributed by atoms with E-state index in [-0.39, 0.29) is 12.5 Å².